The zero-order chi connectivity index (χ0) is 24.8. The van der Waals surface area contributed by atoms with Crippen LogP contribution in [0.4, 0.5) is 16.2 Å². The second kappa shape index (κ2) is 11.2. The van der Waals surface area contributed by atoms with Crippen LogP contribution in [-0.2, 0) is 9.47 Å². The van der Waals surface area contributed by atoms with Crippen molar-refractivity contribution in [1.82, 2.24) is 4.90 Å². The molecule has 0 unspecified atom stereocenters. The molecule has 0 N–H and O–H groups in total. The number of carbonyl (C=O) groups excluding carboxylic acids is 1. The molecule has 0 amide bonds. The van der Waals surface area contributed by atoms with E-state index in [2.05, 4.69) is 4.99 Å². The lowest BCUT2D eigenvalue weighted by Gasteiger charge is -2.34. The lowest BCUT2D eigenvalue weighted by atomic mass is 10.0. The van der Waals surface area contributed by atoms with E-state index in [0.29, 0.717) is 5.02 Å². The number of ether oxygens (including phenoxy) is 2. The van der Waals surface area contributed by atoms with Crippen LogP contribution in [0.1, 0.15) is 26.3 Å². The standard InChI is InChI=1S/C21H19Cl3N4O5/c1-4-32-20(29)33-11-21(2,3)27(12-25)19(26-18-8-5-13(22)9-17(18)24)15-10-14(28(30)31)6-7-16(15)23/h5-10H,4,11H2,1-3H3. The van der Waals surface area contributed by atoms with Gasteiger partial charge in [0.15, 0.2) is 12.0 Å². The normalized spacial score (nSPS) is 11.5. The van der Waals surface area contributed by atoms with E-state index < -0.39 is 16.6 Å². The molecule has 0 bridgehead atoms. The van der Waals surface area contributed by atoms with Crippen molar-refractivity contribution in [3.63, 3.8) is 0 Å². The second-order valence-electron chi connectivity index (χ2n) is 7.17. The number of aliphatic imine (C=N–C) groups is 1. The Morgan fingerprint density at radius 3 is 2.45 bits per heavy atom. The molecule has 0 atom stereocenters. The molecule has 9 nitrogen and oxygen atoms in total. The average Bonchev–Trinajstić information content (AvgIpc) is 2.74. The first-order chi connectivity index (χ1) is 15.5. The minimum absolute atomic E-state index is 0.0483. The van der Waals surface area contributed by atoms with Gasteiger partial charge in [0, 0.05) is 22.7 Å². The minimum Gasteiger partial charge on any atom is -0.435 e. The van der Waals surface area contributed by atoms with E-state index in [9.17, 15) is 20.2 Å². The number of amidine groups is 1. The Bertz CT molecular complexity index is 1130. The number of nitriles is 1. The van der Waals surface area contributed by atoms with Crippen LogP contribution in [-0.4, -0.2) is 40.6 Å². The first-order valence-electron chi connectivity index (χ1n) is 9.47. The second-order valence-corrected chi connectivity index (χ2v) is 8.42. The molecule has 0 heterocycles. The van der Waals surface area contributed by atoms with Crippen molar-refractivity contribution in [2.24, 2.45) is 4.99 Å². The van der Waals surface area contributed by atoms with E-state index in [1.807, 2.05) is 6.19 Å². The first-order valence-corrected chi connectivity index (χ1v) is 10.6. The summed E-state index contributed by atoms with van der Waals surface area (Å²) in [6.45, 7) is 4.70. The summed E-state index contributed by atoms with van der Waals surface area (Å²) in [5.74, 6) is -0.0483. The predicted octanol–water partition coefficient (Wildman–Crippen LogP) is 6.37. The van der Waals surface area contributed by atoms with Crippen molar-refractivity contribution >= 4 is 58.2 Å². The molecule has 2 rings (SSSR count). The van der Waals surface area contributed by atoms with Crippen LogP contribution in [0.2, 0.25) is 15.1 Å². The van der Waals surface area contributed by atoms with Crippen molar-refractivity contribution in [1.29, 1.82) is 5.26 Å². The molecule has 0 spiro atoms. The molecule has 0 aromatic heterocycles. The van der Waals surface area contributed by atoms with Crippen LogP contribution >= 0.6 is 34.8 Å². The number of benzene rings is 2. The van der Waals surface area contributed by atoms with Gasteiger partial charge in [-0.1, -0.05) is 34.8 Å². The lowest BCUT2D eigenvalue weighted by Crippen LogP contribution is -2.48. The van der Waals surface area contributed by atoms with Gasteiger partial charge in [-0.3, -0.25) is 15.0 Å². The molecule has 33 heavy (non-hydrogen) atoms. The van der Waals surface area contributed by atoms with Gasteiger partial charge in [0.2, 0.25) is 0 Å². The maximum absolute atomic E-state index is 11.7. The fraction of sp³-hybridized carbons (Fsp3) is 0.286. The van der Waals surface area contributed by atoms with Crippen molar-refractivity contribution in [2.75, 3.05) is 13.2 Å². The number of carbonyl (C=O) groups is 1. The summed E-state index contributed by atoms with van der Waals surface area (Å²) in [7, 11) is 0. The Kier molecular flexibility index (Phi) is 8.88. The maximum atomic E-state index is 11.7. The lowest BCUT2D eigenvalue weighted by molar-refractivity contribution is -0.384. The summed E-state index contributed by atoms with van der Waals surface area (Å²) in [4.78, 5) is 28.0. The van der Waals surface area contributed by atoms with Gasteiger partial charge in [-0.2, -0.15) is 5.26 Å². The smallest absolute Gasteiger partial charge is 0.435 e. The highest BCUT2D eigenvalue weighted by Gasteiger charge is 2.34. The van der Waals surface area contributed by atoms with E-state index in [0.717, 1.165) is 4.90 Å². The molecule has 0 aliphatic carbocycles. The molecule has 0 saturated carbocycles. The Labute approximate surface area is 205 Å². The molecule has 2 aromatic rings. The highest BCUT2D eigenvalue weighted by atomic mass is 35.5. The molecule has 12 heteroatoms. The number of halogens is 3. The van der Waals surface area contributed by atoms with Gasteiger partial charge in [0.05, 0.1) is 32.8 Å². The zero-order valence-electron chi connectivity index (χ0n) is 17.8. The Balaban J connectivity index is 2.67. The summed E-state index contributed by atoms with van der Waals surface area (Å²) < 4.78 is 9.86. The Morgan fingerprint density at radius 1 is 1.18 bits per heavy atom. The maximum Gasteiger partial charge on any atom is 0.508 e. The average molecular weight is 514 g/mol. The van der Waals surface area contributed by atoms with Crippen molar-refractivity contribution in [3.8, 4) is 6.19 Å². The fourth-order valence-electron chi connectivity index (χ4n) is 2.64. The summed E-state index contributed by atoms with van der Waals surface area (Å²) in [5, 5.41) is 22.0. The highest BCUT2D eigenvalue weighted by Crippen LogP contribution is 2.32. The predicted molar refractivity (Wildman–Crippen MR) is 125 cm³/mol. The number of hydrogen-bond donors (Lipinski definition) is 0. The molecule has 0 radical (unpaired) electrons. The summed E-state index contributed by atoms with van der Waals surface area (Å²) in [6.07, 6.45) is 1.09. The number of hydrogen-bond acceptors (Lipinski definition) is 7. The quantitative estimate of drug-likeness (QED) is 0.0802. The van der Waals surface area contributed by atoms with Gasteiger partial charge >= 0.3 is 6.16 Å². The SMILES string of the molecule is CCOC(=O)OCC(C)(C)N(C#N)C(=Nc1ccc(Cl)cc1Cl)c1cc([N+](=O)[O-])ccc1Cl. The monoisotopic (exact) mass is 512 g/mol. The third kappa shape index (κ3) is 6.71. The third-order valence-electron chi connectivity index (χ3n) is 4.26. The summed E-state index contributed by atoms with van der Waals surface area (Å²) >= 11 is 18.6. The van der Waals surface area contributed by atoms with Crippen LogP contribution in [0.3, 0.4) is 0 Å². The van der Waals surface area contributed by atoms with Crippen LogP contribution in [0.5, 0.6) is 0 Å². The molecular weight excluding hydrogens is 495 g/mol. The molecule has 0 aliphatic rings. The van der Waals surface area contributed by atoms with E-state index in [1.54, 1.807) is 26.8 Å². The molecule has 2 aromatic carbocycles. The van der Waals surface area contributed by atoms with Crippen molar-refractivity contribution in [2.45, 2.75) is 26.3 Å². The largest absolute Gasteiger partial charge is 0.508 e. The topological polar surface area (TPSA) is 118 Å². The zero-order valence-corrected chi connectivity index (χ0v) is 20.1. The molecular formula is C21H19Cl3N4O5. The number of nitro groups is 1. The van der Waals surface area contributed by atoms with Crippen LogP contribution in [0.15, 0.2) is 41.4 Å². The fourth-order valence-corrected chi connectivity index (χ4v) is 3.30. The molecule has 0 saturated heterocycles. The van der Waals surface area contributed by atoms with Crippen molar-refractivity contribution < 1.29 is 19.2 Å². The molecule has 0 aliphatic heterocycles. The first kappa shape index (κ1) is 26.2. The van der Waals surface area contributed by atoms with Gasteiger partial charge in [0.25, 0.3) is 5.69 Å². The summed E-state index contributed by atoms with van der Waals surface area (Å²) in [5.41, 5.74) is -1.08. The summed E-state index contributed by atoms with van der Waals surface area (Å²) in [6, 6.07) is 8.27. The Morgan fingerprint density at radius 2 is 1.88 bits per heavy atom. The number of non-ortho nitro benzene ring substituents is 1. The number of nitro benzene ring substituents is 1. The van der Waals surface area contributed by atoms with Crippen molar-refractivity contribution in [3.05, 3.63) is 67.1 Å². The third-order valence-corrected chi connectivity index (χ3v) is 5.13. The van der Waals surface area contributed by atoms with Gasteiger partial charge in [-0.05, 0) is 45.0 Å². The van der Waals surface area contributed by atoms with Gasteiger partial charge < -0.3 is 9.47 Å². The molecule has 0 fully saturated rings. The van der Waals surface area contributed by atoms with E-state index in [1.165, 1.54) is 30.3 Å². The highest BCUT2D eigenvalue weighted by molar-refractivity contribution is 6.36. The van der Waals surface area contributed by atoms with Gasteiger partial charge in [-0.25, -0.2) is 9.79 Å². The van der Waals surface area contributed by atoms with E-state index >= 15 is 0 Å². The number of rotatable bonds is 7. The Hall–Kier alpha value is -3.06. The molecule has 174 valence electrons. The van der Waals surface area contributed by atoms with Crippen LogP contribution < -0.4 is 0 Å². The van der Waals surface area contributed by atoms with E-state index in [4.69, 9.17) is 44.3 Å². The van der Waals surface area contributed by atoms with Crippen LogP contribution in [0, 0.1) is 21.6 Å². The van der Waals surface area contributed by atoms with Gasteiger partial charge in [-0.15, -0.1) is 0 Å². The van der Waals surface area contributed by atoms with Gasteiger partial charge in [0.1, 0.15) is 6.61 Å². The number of nitrogens with zero attached hydrogens (tertiary/aromatic N) is 4. The van der Waals surface area contributed by atoms with Crippen LogP contribution in [0.25, 0.3) is 0 Å². The van der Waals surface area contributed by atoms with E-state index in [-0.39, 0.29) is 46.0 Å². The minimum atomic E-state index is -1.16.